The molecular formula is C13H22N4O. The number of carbonyl (C=O) groups excluding carboxylic acids is 1. The van der Waals surface area contributed by atoms with Crippen LogP contribution in [-0.4, -0.2) is 58.9 Å². The van der Waals surface area contributed by atoms with Crippen LogP contribution < -0.4 is 0 Å². The molecular weight excluding hydrogens is 228 g/mol. The minimum Gasteiger partial charge on any atom is -0.349 e. The summed E-state index contributed by atoms with van der Waals surface area (Å²) in [5.74, 6) is 1.14. The summed E-state index contributed by atoms with van der Waals surface area (Å²) in [7, 11) is 4.17. The molecule has 1 aromatic heterocycles. The van der Waals surface area contributed by atoms with E-state index in [1.807, 2.05) is 4.90 Å². The van der Waals surface area contributed by atoms with Crippen molar-refractivity contribution in [2.24, 2.45) is 0 Å². The number of likely N-dealkylation sites (N-methyl/N-ethyl adjacent to an activating group) is 1. The Morgan fingerprint density at radius 3 is 3.11 bits per heavy atom. The summed E-state index contributed by atoms with van der Waals surface area (Å²) < 4.78 is 0. The van der Waals surface area contributed by atoms with Gasteiger partial charge in [-0.15, -0.1) is 0 Å². The summed E-state index contributed by atoms with van der Waals surface area (Å²) in [6, 6.07) is 0.506. The molecule has 1 unspecified atom stereocenters. The maximum atomic E-state index is 12.1. The van der Waals surface area contributed by atoms with Crippen molar-refractivity contribution in [3.63, 3.8) is 0 Å². The van der Waals surface area contributed by atoms with Gasteiger partial charge in [-0.2, -0.15) is 0 Å². The van der Waals surface area contributed by atoms with Crippen LogP contribution in [0, 0.1) is 0 Å². The largest absolute Gasteiger partial charge is 0.349 e. The number of rotatable bonds is 4. The van der Waals surface area contributed by atoms with Crippen LogP contribution in [0.25, 0.3) is 0 Å². The van der Waals surface area contributed by atoms with E-state index >= 15 is 0 Å². The zero-order chi connectivity index (χ0) is 13.0. The SMILES string of the molecule is CN(C)C1CCCN(C(=O)CCc2ncc[nH]2)C1. The third-order valence-electron chi connectivity index (χ3n) is 3.61. The highest BCUT2D eigenvalue weighted by atomic mass is 16.2. The average molecular weight is 250 g/mol. The van der Waals surface area contributed by atoms with Crippen molar-refractivity contribution >= 4 is 5.91 Å². The van der Waals surface area contributed by atoms with Gasteiger partial charge < -0.3 is 14.8 Å². The van der Waals surface area contributed by atoms with Crippen LogP contribution in [0.2, 0.25) is 0 Å². The summed E-state index contributed by atoms with van der Waals surface area (Å²) in [5.41, 5.74) is 0. The first-order valence-electron chi connectivity index (χ1n) is 6.59. The van der Waals surface area contributed by atoms with Crippen molar-refractivity contribution < 1.29 is 4.79 Å². The monoisotopic (exact) mass is 250 g/mol. The second-order valence-electron chi connectivity index (χ2n) is 5.14. The first-order chi connectivity index (χ1) is 8.66. The number of aromatic amines is 1. The number of aromatic nitrogens is 2. The molecule has 0 spiro atoms. The zero-order valence-corrected chi connectivity index (χ0v) is 11.2. The van der Waals surface area contributed by atoms with Gasteiger partial charge in [0.25, 0.3) is 0 Å². The topological polar surface area (TPSA) is 52.2 Å². The molecule has 0 aliphatic carbocycles. The van der Waals surface area contributed by atoms with Crippen molar-refractivity contribution in [3.8, 4) is 0 Å². The quantitative estimate of drug-likeness (QED) is 0.863. The van der Waals surface area contributed by atoms with E-state index in [1.54, 1.807) is 12.4 Å². The van der Waals surface area contributed by atoms with Gasteiger partial charge in [-0.1, -0.05) is 0 Å². The van der Waals surface area contributed by atoms with Crippen LogP contribution in [0.3, 0.4) is 0 Å². The normalized spacial score (nSPS) is 20.4. The fourth-order valence-electron chi connectivity index (χ4n) is 2.42. The number of H-pyrrole nitrogens is 1. The van der Waals surface area contributed by atoms with Crippen molar-refractivity contribution in [1.82, 2.24) is 19.8 Å². The first kappa shape index (κ1) is 13.1. The summed E-state index contributed by atoms with van der Waals surface area (Å²) in [5, 5.41) is 0. The molecule has 100 valence electrons. The minimum atomic E-state index is 0.248. The molecule has 1 amide bonds. The predicted molar refractivity (Wildman–Crippen MR) is 70.2 cm³/mol. The highest BCUT2D eigenvalue weighted by Gasteiger charge is 2.24. The molecule has 1 atom stereocenters. The molecule has 18 heavy (non-hydrogen) atoms. The van der Waals surface area contributed by atoms with Gasteiger partial charge in [-0.3, -0.25) is 4.79 Å². The molecule has 5 heteroatoms. The Balaban J connectivity index is 1.81. The molecule has 1 N–H and O–H groups in total. The third kappa shape index (κ3) is 3.32. The van der Waals surface area contributed by atoms with Crippen LogP contribution in [0.1, 0.15) is 25.1 Å². The van der Waals surface area contributed by atoms with Crippen molar-refractivity contribution in [3.05, 3.63) is 18.2 Å². The van der Waals surface area contributed by atoms with Crippen LogP contribution >= 0.6 is 0 Å². The Morgan fingerprint density at radius 2 is 2.44 bits per heavy atom. The lowest BCUT2D eigenvalue weighted by Gasteiger charge is -2.36. The molecule has 1 aliphatic heterocycles. The zero-order valence-electron chi connectivity index (χ0n) is 11.2. The molecule has 0 bridgehead atoms. The van der Waals surface area contributed by atoms with E-state index in [1.165, 1.54) is 6.42 Å². The number of likely N-dealkylation sites (tertiary alicyclic amines) is 1. The molecule has 2 rings (SSSR count). The molecule has 2 heterocycles. The Bertz CT molecular complexity index is 374. The highest BCUT2D eigenvalue weighted by molar-refractivity contribution is 5.76. The number of nitrogens with one attached hydrogen (secondary N) is 1. The van der Waals surface area contributed by atoms with E-state index in [9.17, 15) is 4.79 Å². The van der Waals surface area contributed by atoms with Gasteiger partial charge in [-0.05, 0) is 26.9 Å². The summed E-state index contributed by atoms with van der Waals surface area (Å²) in [4.78, 5) is 23.5. The minimum absolute atomic E-state index is 0.248. The lowest BCUT2D eigenvalue weighted by molar-refractivity contribution is -0.133. The van der Waals surface area contributed by atoms with Crippen LogP contribution in [0.15, 0.2) is 12.4 Å². The van der Waals surface area contributed by atoms with Gasteiger partial charge in [0.05, 0.1) is 0 Å². The van der Waals surface area contributed by atoms with Gasteiger partial charge in [0, 0.05) is 44.4 Å². The summed E-state index contributed by atoms with van der Waals surface area (Å²) in [6.07, 6.45) is 7.07. The van der Waals surface area contributed by atoms with E-state index in [0.29, 0.717) is 18.9 Å². The number of carbonyl (C=O) groups is 1. The Hall–Kier alpha value is -1.36. The van der Waals surface area contributed by atoms with E-state index in [-0.39, 0.29) is 5.91 Å². The summed E-state index contributed by atoms with van der Waals surface area (Å²) >= 11 is 0. The van der Waals surface area contributed by atoms with Crippen LogP contribution in [0.5, 0.6) is 0 Å². The Kier molecular flexibility index (Phi) is 4.36. The van der Waals surface area contributed by atoms with Gasteiger partial charge in [0.2, 0.25) is 5.91 Å². The summed E-state index contributed by atoms with van der Waals surface area (Å²) in [6.45, 7) is 1.77. The molecule has 1 aromatic rings. The molecule has 1 fully saturated rings. The van der Waals surface area contributed by atoms with Crippen LogP contribution in [-0.2, 0) is 11.2 Å². The number of imidazole rings is 1. The van der Waals surface area contributed by atoms with E-state index < -0.39 is 0 Å². The van der Waals surface area contributed by atoms with Crippen molar-refractivity contribution in [2.45, 2.75) is 31.7 Å². The van der Waals surface area contributed by atoms with Crippen LogP contribution in [0.4, 0.5) is 0 Å². The number of piperidine rings is 1. The molecule has 0 radical (unpaired) electrons. The van der Waals surface area contributed by atoms with Crippen molar-refractivity contribution in [2.75, 3.05) is 27.2 Å². The second kappa shape index (κ2) is 6.00. The lowest BCUT2D eigenvalue weighted by Crippen LogP contribution is -2.47. The second-order valence-corrected chi connectivity index (χ2v) is 5.14. The van der Waals surface area contributed by atoms with E-state index in [4.69, 9.17) is 0 Å². The molecule has 0 aromatic carbocycles. The number of aryl methyl sites for hydroxylation is 1. The molecule has 1 aliphatic rings. The van der Waals surface area contributed by atoms with Gasteiger partial charge >= 0.3 is 0 Å². The third-order valence-corrected chi connectivity index (χ3v) is 3.61. The fraction of sp³-hybridized carbons (Fsp3) is 0.692. The predicted octanol–water partition coefficient (Wildman–Crippen LogP) is 0.895. The number of hydrogen-bond acceptors (Lipinski definition) is 3. The molecule has 1 saturated heterocycles. The standard InChI is InChI=1S/C13H22N4O/c1-16(2)11-4-3-9-17(10-11)13(18)6-5-12-14-7-8-15-12/h7-8,11H,3-6,9-10H2,1-2H3,(H,14,15). The maximum absolute atomic E-state index is 12.1. The number of hydrogen-bond donors (Lipinski definition) is 1. The van der Waals surface area contributed by atoms with Gasteiger partial charge in [0.1, 0.15) is 5.82 Å². The fourth-order valence-corrected chi connectivity index (χ4v) is 2.42. The smallest absolute Gasteiger partial charge is 0.223 e. The van der Waals surface area contributed by atoms with Crippen molar-refractivity contribution in [1.29, 1.82) is 0 Å². The highest BCUT2D eigenvalue weighted by Crippen LogP contribution is 2.15. The first-order valence-corrected chi connectivity index (χ1v) is 6.59. The van der Waals surface area contributed by atoms with Gasteiger partial charge in [0.15, 0.2) is 0 Å². The lowest BCUT2D eigenvalue weighted by atomic mass is 10.0. The number of nitrogens with zero attached hydrogens (tertiary/aromatic N) is 3. The Morgan fingerprint density at radius 1 is 1.61 bits per heavy atom. The average Bonchev–Trinajstić information content (AvgIpc) is 2.89. The molecule has 5 nitrogen and oxygen atoms in total. The molecule has 0 saturated carbocycles. The Labute approximate surface area is 108 Å². The van der Waals surface area contributed by atoms with E-state index in [2.05, 4.69) is 29.0 Å². The maximum Gasteiger partial charge on any atom is 0.223 e. The van der Waals surface area contributed by atoms with Gasteiger partial charge in [-0.25, -0.2) is 4.98 Å². The van der Waals surface area contributed by atoms with E-state index in [0.717, 1.165) is 25.3 Å². The number of amides is 1.